The molecule has 0 radical (unpaired) electrons. The summed E-state index contributed by atoms with van der Waals surface area (Å²) in [5.74, 6) is 2.24. The number of fused-ring (bicyclic) bond motifs is 5. The Hall–Kier alpha value is -7.28. The molecule has 0 unspecified atom stereocenters. The van der Waals surface area contributed by atoms with Crippen molar-refractivity contribution in [2.24, 2.45) is 0 Å². The van der Waals surface area contributed by atoms with E-state index in [1.54, 1.807) is 11.3 Å². The number of aromatic nitrogens is 4. The van der Waals surface area contributed by atoms with Gasteiger partial charge in [-0.1, -0.05) is 152 Å². The Morgan fingerprint density at radius 1 is 0.393 bits per heavy atom. The second kappa shape index (κ2) is 13.2. The first kappa shape index (κ1) is 32.2. The molecule has 0 N–H and O–H groups in total. The smallest absolute Gasteiger partial charge is 0.227 e. The van der Waals surface area contributed by atoms with Crippen molar-refractivity contribution in [2.45, 2.75) is 0 Å². The highest BCUT2D eigenvalue weighted by Gasteiger charge is 2.24. The van der Waals surface area contributed by atoms with Gasteiger partial charge in [-0.25, -0.2) is 19.9 Å². The molecule has 11 aromatic rings. The van der Waals surface area contributed by atoms with Crippen LogP contribution in [0.5, 0.6) is 0 Å². The standard InChI is InChI=1S/C50H30N4OS/c1-4-13-31(14-5-1)32-23-26-35(27-24-32)47-52-48(37-28-25-34-19-12-21-38(40(34)29-37)33-15-6-2-7-16-33)54-49(53-47)45-44-39-20-10-11-22-42(39)56-43(44)30-41-46(45)55-50(51-41)36-17-8-3-9-18-36/h1-30H. The Balaban J connectivity index is 1.18. The van der Waals surface area contributed by atoms with Gasteiger partial charge in [0.1, 0.15) is 5.52 Å². The molecule has 0 aliphatic heterocycles. The summed E-state index contributed by atoms with van der Waals surface area (Å²) in [6.07, 6.45) is 0. The Labute approximate surface area is 326 Å². The highest BCUT2D eigenvalue weighted by Crippen LogP contribution is 2.45. The summed E-state index contributed by atoms with van der Waals surface area (Å²) in [5.41, 5.74) is 9.49. The molecule has 0 atom stereocenters. The molecule has 0 bridgehead atoms. The van der Waals surface area contributed by atoms with E-state index >= 15 is 0 Å². The molecule has 0 saturated heterocycles. The summed E-state index contributed by atoms with van der Waals surface area (Å²) in [7, 11) is 0. The fourth-order valence-corrected chi connectivity index (χ4v) is 8.81. The van der Waals surface area contributed by atoms with Crippen molar-refractivity contribution in [3.8, 4) is 67.9 Å². The van der Waals surface area contributed by atoms with Gasteiger partial charge < -0.3 is 4.42 Å². The summed E-state index contributed by atoms with van der Waals surface area (Å²) in [6, 6.07) is 62.9. The number of hydrogen-bond donors (Lipinski definition) is 0. The van der Waals surface area contributed by atoms with Crippen LogP contribution in [-0.2, 0) is 0 Å². The van der Waals surface area contributed by atoms with Crippen molar-refractivity contribution >= 4 is 53.4 Å². The van der Waals surface area contributed by atoms with Gasteiger partial charge in [-0.2, -0.15) is 0 Å². The van der Waals surface area contributed by atoms with Gasteiger partial charge in [-0.05, 0) is 63.4 Å². The first-order valence-electron chi connectivity index (χ1n) is 18.5. The van der Waals surface area contributed by atoms with E-state index in [9.17, 15) is 0 Å². The highest BCUT2D eigenvalue weighted by molar-refractivity contribution is 7.26. The second-order valence-corrected chi connectivity index (χ2v) is 14.9. The van der Waals surface area contributed by atoms with E-state index in [-0.39, 0.29) is 0 Å². The van der Waals surface area contributed by atoms with Crippen LogP contribution in [0.3, 0.4) is 0 Å². The van der Waals surface area contributed by atoms with Crippen LogP contribution in [0.25, 0.3) is 110 Å². The van der Waals surface area contributed by atoms with E-state index in [1.165, 1.54) is 4.70 Å². The summed E-state index contributed by atoms with van der Waals surface area (Å²) in [4.78, 5) is 20.9. The van der Waals surface area contributed by atoms with Gasteiger partial charge in [0.2, 0.25) is 5.89 Å². The molecule has 3 aromatic heterocycles. The normalized spacial score (nSPS) is 11.6. The van der Waals surface area contributed by atoms with Crippen LogP contribution in [-0.4, -0.2) is 19.9 Å². The Bertz CT molecular complexity index is 3230. The molecule has 8 aromatic carbocycles. The maximum absolute atomic E-state index is 6.74. The minimum atomic E-state index is 0.531. The summed E-state index contributed by atoms with van der Waals surface area (Å²) < 4.78 is 9.01. The van der Waals surface area contributed by atoms with E-state index in [0.29, 0.717) is 28.9 Å². The number of rotatable bonds is 6. The second-order valence-electron chi connectivity index (χ2n) is 13.8. The molecule has 262 valence electrons. The van der Waals surface area contributed by atoms with Crippen LogP contribution in [0.15, 0.2) is 186 Å². The van der Waals surface area contributed by atoms with Gasteiger partial charge in [0.05, 0.1) is 5.56 Å². The van der Waals surface area contributed by atoms with Crippen molar-refractivity contribution < 1.29 is 4.42 Å². The van der Waals surface area contributed by atoms with E-state index in [4.69, 9.17) is 24.4 Å². The maximum Gasteiger partial charge on any atom is 0.227 e. The van der Waals surface area contributed by atoms with Crippen molar-refractivity contribution in [1.29, 1.82) is 0 Å². The lowest BCUT2D eigenvalue weighted by Gasteiger charge is -2.12. The fourth-order valence-electron chi connectivity index (χ4n) is 7.66. The molecule has 56 heavy (non-hydrogen) atoms. The summed E-state index contributed by atoms with van der Waals surface area (Å²) >= 11 is 1.74. The van der Waals surface area contributed by atoms with E-state index in [2.05, 4.69) is 140 Å². The van der Waals surface area contributed by atoms with Gasteiger partial charge in [0.15, 0.2) is 23.1 Å². The third-order valence-electron chi connectivity index (χ3n) is 10.4. The average Bonchev–Trinajstić information content (AvgIpc) is 3.87. The zero-order chi connectivity index (χ0) is 37.0. The number of oxazole rings is 1. The lowest BCUT2D eigenvalue weighted by molar-refractivity contribution is 0.621. The number of hydrogen-bond acceptors (Lipinski definition) is 6. The first-order chi connectivity index (χ1) is 27.7. The Kier molecular flexibility index (Phi) is 7.60. The molecule has 5 nitrogen and oxygen atoms in total. The van der Waals surface area contributed by atoms with E-state index < -0.39 is 0 Å². The van der Waals surface area contributed by atoms with E-state index in [1.807, 2.05) is 42.5 Å². The van der Waals surface area contributed by atoms with Crippen LogP contribution in [0, 0.1) is 0 Å². The van der Waals surface area contributed by atoms with Crippen molar-refractivity contribution in [2.75, 3.05) is 0 Å². The third kappa shape index (κ3) is 5.54. The first-order valence-corrected chi connectivity index (χ1v) is 19.4. The van der Waals surface area contributed by atoms with Crippen LogP contribution >= 0.6 is 11.3 Å². The maximum atomic E-state index is 6.74. The zero-order valence-corrected chi connectivity index (χ0v) is 30.7. The monoisotopic (exact) mass is 734 g/mol. The van der Waals surface area contributed by atoms with Crippen molar-refractivity contribution in [3.63, 3.8) is 0 Å². The topological polar surface area (TPSA) is 64.7 Å². The molecule has 0 spiro atoms. The Morgan fingerprint density at radius 3 is 1.77 bits per heavy atom. The Morgan fingerprint density at radius 2 is 1.00 bits per heavy atom. The molecule has 0 amide bonds. The van der Waals surface area contributed by atoms with Gasteiger partial charge in [0, 0.05) is 36.9 Å². The molecule has 0 saturated carbocycles. The summed E-state index contributed by atoms with van der Waals surface area (Å²) in [6.45, 7) is 0. The van der Waals surface area contributed by atoms with Gasteiger partial charge in [0.25, 0.3) is 0 Å². The highest BCUT2D eigenvalue weighted by atomic mass is 32.1. The summed E-state index contributed by atoms with van der Waals surface area (Å²) in [5, 5.41) is 4.44. The van der Waals surface area contributed by atoms with Crippen LogP contribution in [0.1, 0.15) is 0 Å². The average molecular weight is 735 g/mol. The predicted octanol–water partition coefficient (Wildman–Crippen LogP) is 13.5. The molecular weight excluding hydrogens is 705 g/mol. The van der Waals surface area contributed by atoms with Crippen LogP contribution in [0.4, 0.5) is 0 Å². The SMILES string of the molecule is c1ccc(-c2ccc(-c3nc(-c4ccc5cccc(-c6ccccc6)c5c4)nc(-c4c5oc(-c6ccccc6)nc5cc5sc6ccccc6c45)n3)cc2)cc1. The molecule has 3 heterocycles. The lowest BCUT2D eigenvalue weighted by atomic mass is 9.96. The molecular formula is C50H30N4OS. The lowest BCUT2D eigenvalue weighted by Crippen LogP contribution is -2.01. The predicted molar refractivity (Wildman–Crippen MR) is 230 cm³/mol. The molecule has 6 heteroatoms. The fraction of sp³-hybridized carbons (Fsp3) is 0. The number of nitrogens with zero attached hydrogens (tertiary/aromatic N) is 4. The van der Waals surface area contributed by atoms with Gasteiger partial charge in [-0.15, -0.1) is 11.3 Å². The molecule has 0 fully saturated rings. The van der Waals surface area contributed by atoms with Crippen molar-refractivity contribution in [1.82, 2.24) is 19.9 Å². The molecule has 0 aliphatic carbocycles. The van der Waals surface area contributed by atoms with Crippen LogP contribution < -0.4 is 0 Å². The third-order valence-corrected chi connectivity index (χ3v) is 11.5. The van der Waals surface area contributed by atoms with Crippen molar-refractivity contribution in [3.05, 3.63) is 182 Å². The quantitative estimate of drug-likeness (QED) is 0.170. The minimum absolute atomic E-state index is 0.531. The zero-order valence-electron chi connectivity index (χ0n) is 29.9. The number of benzene rings is 8. The molecule has 0 aliphatic rings. The van der Waals surface area contributed by atoms with E-state index in [0.717, 1.165) is 76.3 Å². The minimum Gasteiger partial charge on any atom is -0.435 e. The van der Waals surface area contributed by atoms with Gasteiger partial charge in [-0.3, -0.25) is 0 Å². The van der Waals surface area contributed by atoms with Crippen LogP contribution in [0.2, 0.25) is 0 Å². The molecule has 11 rings (SSSR count). The number of thiophene rings is 1. The van der Waals surface area contributed by atoms with Gasteiger partial charge >= 0.3 is 0 Å². The largest absolute Gasteiger partial charge is 0.435 e.